The van der Waals surface area contributed by atoms with Crippen LogP contribution in [0.1, 0.15) is 69.1 Å². The molecular formula is C34H32O12. The molecule has 0 aromatic heterocycles. The van der Waals surface area contributed by atoms with Crippen LogP contribution in [0.3, 0.4) is 0 Å². The van der Waals surface area contributed by atoms with Gasteiger partial charge in [-0.2, -0.15) is 0 Å². The Balaban J connectivity index is 1.53. The van der Waals surface area contributed by atoms with E-state index < -0.39 is 66.9 Å². The fraction of sp³-hybridized carbons (Fsp3) is 0.294. The summed E-state index contributed by atoms with van der Waals surface area (Å²) in [5.74, 6) is -2.95. The number of aromatic hydroxyl groups is 5. The Labute approximate surface area is 261 Å². The van der Waals surface area contributed by atoms with E-state index >= 15 is 0 Å². The smallest absolute Gasteiger partial charge is 0.135 e. The number of benzene rings is 4. The molecule has 10 N–H and O–H groups in total. The fourth-order valence-electron chi connectivity index (χ4n) is 7.20. The van der Waals surface area contributed by atoms with E-state index in [1.165, 1.54) is 36.4 Å². The van der Waals surface area contributed by atoms with E-state index in [0.717, 1.165) is 6.07 Å². The molecule has 1 saturated heterocycles. The molecule has 46 heavy (non-hydrogen) atoms. The van der Waals surface area contributed by atoms with Crippen molar-refractivity contribution < 1.29 is 60.5 Å². The monoisotopic (exact) mass is 632 g/mol. The summed E-state index contributed by atoms with van der Waals surface area (Å²) in [5, 5.41) is 108. The molecule has 4 aromatic carbocycles. The minimum absolute atomic E-state index is 0.0124. The van der Waals surface area contributed by atoms with Gasteiger partial charge in [0.25, 0.3) is 0 Å². The number of ether oxygens (including phenoxy) is 2. The van der Waals surface area contributed by atoms with Gasteiger partial charge < -0.3 is 60.5 Å². The van der Waals surface area contributed by atoms with Crippen molar-refractivity contribution in [2.75, 3.05) is 6.61 Å². The molecule has 2 heterocycles. The van der Waals surface area contributed by atoms with E-state index in [-0.39, 0.29) is 45.4 Å². The zero-order valence-corrected chi connectivity index (χ0v) is 24.0. The molecule has 0 unspecified atom stereocenters. The molecule has 1 fully saturated rings. The molecule has 3 aliphatic rings. The van der Waals surface area contributed by atoms with Gasteiger partial charge in [0.05, 0.1) is 24.2 Å². The first-order valence-electron chi connectivity index (χ1n) is 14.7. The molecule has 7 rings (SSSR count). The van der Waals surface area contributed by atoms with Crippen molar-refractivity contribution in [2.24, 2.45) is 0 Å². The second kappa shape index (κ2) is 11.1. The van der Waals surface area contributed by atoms with Gasteiger partial charge in [-0.25, -0.2) is 0 Å². The largest absolute Gasteiger partial charge is 0.508 e. The molecule has 0 radical (unpaired) electrons. The van der Waals surface area contributed by atoms with Crippen molar-refractivity contribution in [1.82, 2.24) is 0 Å². The second-order valence-corrected chi connectivity index (χ2v) is 12.0. The highest BCUT2D eigenvalue weighted by Gasteiger charge is 2.52. The molecule has 1 aliphatic carbocycles. The van der Waals surface area contributed by atoms with Gasteiger partial charge in [-0.05, 0) is 58.7 Å². The Morgan fingerprint density at radius 3 is 1.78 bits per heavy atom. The number of aliphatic hydroxyl groups excluding tert-OH is 5. The predicted molar refractivity (Wildman–Crippen MR) is 159 cm³/mol. The van der Waals surface area contributed by atoms with E-state index in [2.05, 4.69) is 0 Å². The maximum atomic E-state index is 12.1. The highest BCUT2D eigenvalue weighted by molar-refractivity contribution is 5.68. The average molecular weight is 633 g/mol. The van der Waals surface area contributed by atoms with Gasteiger partial charge >= 0.3 is 0 Å². The van der Waals surface area contributed by atoms with Crippen molar-refractivity contribution >= 4 is 0 Å². The lowest BCUT2D eigenvalue weighted by molar-refractivity contribution is -0.232. The van der Waals surface area contributed by atoms with Crippen molar-refractivity contribution in [3.63, 3.8) is 0 Å². The Hall–Kier alpha value is -4.56. The second-order valence-electron chi connectivity index (χ2n) is 12.0. The first-order valence-corrected chi connectivity index (χ1v) is 14.7. The first-order chi connectivity index (χ1) is 22.0. The summed E-state index contributed by atoms with van der Waals surface area (Å²) in [6.07, 6.45) is -10.4. The van der Waals surface area contributed by atoms with Crippen LogP contribution >= 0.6 is 0 Å². The molecule has 0 bridgehead atoms. The average Bonchev–Trinajstić information content (AvgIpc) is 3.38. The number of phenols is 5. The molecular weight excluding hydrogens is 600 g/mol. The van der Waals surface area contributed by atoms with Crippen LogP contribution in [-0.2, 0) is 4.74 Å². The highest BCUT2D eigenvalue weighted by atomic mass is 16.5. The Bertz CT molecular complexity index is 1790. The lowest BCUT2D eigenvalue weighted by Gasteiger charge is -2.40. The zero-order chi connectivity index (χ0) is 32.6. The Morgan fingerprint density at radius 2 is 1.15 bits per heavy atom. The minimum Gasteiger partial charge on any atom is -0.508 e. The maximum Gasteiger partial charge on any atom is 0.135 e. The van der Waals surface area contributed by atoms with Gasteiger partial charge in [-0.1, -0.05) is 24.3 Å². The van der Waals surface area contributed by atoms with E-state index in [4.69, 9.17) is 9.47 Å². The molecule has 9 atom stereocenters. The summed E-state index contributed by atoms with van der Waals surface area (Å²) in [6.45, 7) is -0.707. The maximum absolute atomic E-state index is 12.1. The first kappa shape index (κ1) is 30.1. The van der Waals surface area contributed by atoms with Gasteiger partial charge in [-0.3, -0.25) is 0 Å². The molecule has 0 amide bonds. The molecule has 12 nitrogen and oxygen atoms in total. The SMILES string of the molecule is OC[C@H]1O[C@@H](c2c(O)cc3c4c2O[C@@H](c2ccc(O)cc2)[C@@H]4c2cc(O)cc(O)c2[C@H](c2ccc(O)cc2)[C@H]3O)[C@H](O)[C@@H](O)[C@@H]1O. The van der Waals surface area contributed by atoms with Crippen LogP contribution in [0.5, 0.6) is 34.5 Å². The Kier molecular flexibility index (Phi) is 7.24. The van der Waals surface area contributed by atoms with Crippen LogP contribution in [0.2, 0.25) is 0 Å². The molecule has 0 saturated carbocycles. The summed E-state index contributed by atoms with van der Waals surface area (Å²) in [6, 6.07) is 16.0. The quantitative estimate of drug-likeness (QED) is 0.156. The summed E-state index contributed by atoms with van der Waals surface area (Å²) < 4.78 is 12.4. The van der Waals surface area contributed by atoms with Crippen LogP contribution in [0.25, 0.3) is 0 Å². The van der Waals surface area contributed by atoms with Gasteiger partial charge in [0.2, 0.25) is 0 Å². The van der Waals surface area contributed by atoms with E-state index in [9.17, 15) is 51.1 Å². The van der Waals surface area contributed by atoms with Crippen molar-refractivity contribution in [2.45, 2.75) is 54.6 Å². The fourth-order valence-corrected chi connectivity index (χ4v) is 7.20. The third-order valence-electron chi connectivity index (χ3n) is 9.33. The van der Waals surface area contributed by atoms with Crippen molar-refractivity contribution in [3.8, 4) is 34.5 Å². The number of aliphatic hydroxyl groups is 5. The Morgan fingerprint density at radius 1 is 0.543 bits per heavy atom. The summed E-state index contributed by atoms with van der Waals surface area (Å²) in [5.41, 5.74) is 2.09. The van der Waals surface area contributed by atoms with E-state index in [0.29, 0.717) is 22.3 Å². The van der Waals surface area contributed by atoms with Crippen molar-refractivity contribution in [3.05, 3.63) is 106 Å². The summed E-state index contributed by atoms with van der Waals surface area (Å²) in [4.78, 5) is 0. The lowest BCUT2D eigenvalue weighted by atomic mass is 9.80. The van der Waals surface area contributed by atoms with Crippen LogP contribution in [0.15, 0.2) is 66.7 Å². The van der Waals surface area contributed by atoms with Gasteiger partial charge in [0.15, 0.2) is 0 Å². The predicted octanol–water partition coefficient (Wildman–Crippen LogP) is 2.17. The summed E-state index contributed by atoms with van der Waals surface area (Å²) in [7, 11) is 0. The number of hydrogen-bond donors (Lipinski definition) is 10. The molecule has 240 valence electrons. The van der Waals surface area contributed by atoms with Gasteiger partial charge in [0.1, 0.15) is 71.1 Å². The van der Waals surface area contributed by atoms with E-state index in [1.54, 1.807) is 24.3 Å². The highest BCUT2D eigenvalue weighted by Crippen LogP contribution is 2.63. The molecule has 4 aromatic rings. The number of hydrogen-bond acceptors (Lipinski definition) is 12. The molecule has 12 heteroatoms. The molecule has 0 spiro atoms. The van der Waals surface area contributed by atoms with Gasteiger partial charge in [0, 0.05) is 23.1 Å². The van der Waals surface area contributed by atoms with Crippen LogP contribution in [0, 0.1) is 0 Å². The number of fused-ring (bicyclic) bond motifs is 2. The van der Waals surface area contributed by atoms with Crippen molar-refractivity contribution in [1.29, 1.82) is 0 Å². The zero-order valence-electron chi connectivity index (χ0n) is 24.0. The third-order valence-corrected chi connectivity index (χ3v) is 9.33. The topological polar surface area (TPSA) is 221 Å². The molecule has 2 aliphatic heterocycles. The number of rotatable bonds is 4. The lowest BCUT2D eigenvalue weighted by Crippen LogP contribution is -2.55. The van der Waals surface area contributed by atoms with E-state index in [1.807, 2.05) is 0 Å². The third kappa shape index (κ3) is 4.53. The van der Waals surface area contributed by atoms with Gasteiger partial charge in [-0.15, -0.1) is 0 Å². The summed E-state index contributed by atoms with van der Waals surface area (Å²) >= 11 is 0. The number of phenolic OH excluding ortho intramolecular Hbond substituents is 5. The normalized spacial score (nSPS) is 29.8. The van der Waals surface area contributed by atoms with Crippen LogP contribution in [0.4, 0.5) is 0 Å². The van der Waals surface area contributed by atoms with Crippen LogP contribution < -0.4 is 4.74 Å². The van der Waals surface area contributed by atoms with Crippen LogP contribution in [-0.4, -0.2) is 82.1 Å². The standard InChI is InChI=1S/C34H32O12/c35-12-22-29(42)30(43)31(44)34(45-22)27-21(40)11-19-26-25(32(46-33(26)27)14-3-7-16(37)8-4-14)18-9-17(38)10-20(39)24(18)23(28(19)41)13-1-5-15(36)6-2-13/h1-11,22-23,25,28-32,34-44H,12H2/t22-,23+,25-,28+,29-,30+,31-,32+,34+/m1/s1. The minimum atomic E-state index is -1.77.